The summed E-state index contributed by atoms with van der Waals surface area (Å²) in [5.41, 5.74) is 15.7. The summed E-state index contributed by atoms with van der Waals surface area (Å²) in [5, 5.41) is 24.7. The molecule has 0 heterocycles. The summed E-state index contributed by atoms with van der Waals surface area (Å²) in [6.45, 7) is 0. The normalized spacial score (nSPS) is 14.1. The Hall–Kier alpha value is -3.40. The third kappa shape index (κ3) is 12.6. The molecule has 0 aliphatic carbocycles. The molecule has 15 nitrogen and oxygen atoms in total. The lowest BCUT2D eigenvalue weighted by molar-refractivity contribution is -0.144. The maximum absolute atomic E-state index is 12.8. The number of carboxylic acids is 2. The van der Waals surface area contributed by atoms with Crippen LogP contribution in [0, 0.1) is 0 Å². The first-order chi connectivity index (χ1) is 15.8. The average molecular weight is 507 g/mol. The zero-order chi connectivity index (χ0) is 26.4. The summed E-state index contributed by atoms with van der Waals surface area (Å²) in [6.07, 6.45) is -0.0825. The highest BCUT2D eigenvalue weighted by molar-refractivity contribution is 7.98. The molecule has 0 spiro atoms. The fourth-order valence-electron chi connectivity index (χ4n) is 2.54. The Balaban J connectivity index is 5.47. The molecule has 5 amide bonds. The average Bonchev–Trinajstić information content (AvgIpc) is 2.72. The Morgan fingerprint density at radius 2 is 1.29 bits per heavy atom. The van der Waals surface area contributed by atoms with Gasteiger partial charge in [-0.15, -0.1) is 0 Å². The standard InChI is InChI=1S/C18H30N6O9S/c1-34-5-4-9(22-15(29)8(19)2-3-12(20)25)16(30)23-10(7-14(27)28)17(31)24-11(18(32)33)6-13(21)26/h8-11H,2-7,19H2,1H3,(H2,20,25)(H2,21,26)(H,22,29)(H,23,30)(H,24,31)(H,27,28)(H,32,33). The molecule has 0 saturated carbocycles. The summed E-state index contributed by atoms with van der Waals surface area (Å²) in [6, 6.07) is -5.84. The van der Waals surface area contributed by atoms with Gasteiger partial charge in [-0.25, -0.2) is 4.79 Å². The summed E-state index contributed by atoms with van der Waals surface area (Å²) < 4.78 is 0. The van der Waals surface area contributed by atoms with E-state index in [2.05, 4.69) is 10.6 Å². The van der Waals surface area contributed by atoms with Crippen LogP contribution in [0.15, 0.2) is 0 Å². The van der Waals surface area contributed by atoms with Gasteiger partial charge in [0.1, 0.15) is 18.1 Å². The topological polar surface area (TPSA) is 274 Å². The first-order valence-corrected chi connectivity index (χ1v) is 11.3. The lowest BCUT2D eigenvalue weighted by atomic mass is 10.1. The molecule has 0 saturated heterocycles. The van der Waals surface area contributed by atoms with Crippen molar-refractivity contribution in [3.8, 4) is 0 Å². The fourth-order valence-corrected chi connectivity index (χ4v) is 3.01. The second kappa shape index (κ2) is 15.4. The Morgan fingerprint density at radius 3 is 1.76 bits per heavy atom. The number of carbonyl (C=O) groups excluding carboxylic acids is 5. The number of carboxylic acid groups (broad SMARTS) is 2. The van der Waals surface area contributed by atoms with E-state index in [0.29, 0.717) is 5.75 Å². The van der Waals surface area contributed by atoms with Gasteiger partial charge < -0.3 is 43.4 Å². The van der Waals surface area contributed by atoms with E-state index in [1.165, 1.54) is 11.8 Å². The van der Waals surface area contributed by atoms with Gasteiger partial charge in [0.25, 0.3) is 0 Å². The molecule has 4 atom stereocenters. The molecule has 0 aromatic rings. The van der Waals surface area contributed by atoms with Crippen LogP contribution in [0.3, 0.4) is 0 Å². The Morgan fingerprint density at radius 1 is 0.765 bits per heavy atom. The second-order valence-electron chi connectivity index (χ2n) is 7.18. The number of hydrogen-bond acceptors (Lipinski definition) is 9. The van der Waals surface area contributed by atoms with E-state index in [1.54, 1.807) is 6.26 Å². The number of primary amides is 2. The number of amides is 5. The van der Waals surface area contributed by atoms with Crippen molar-refractivity contribution in [3.63, 3.8) is 0 Å². The summed E-state index contributed by atoms with van der Waals surface area (Å²) in [5.74, 6) is -7.26. The minimum absolute atomic E-state index is 0.0709. The van der Waals surface area contributed by atoms with Crippen molar-refractivity contribution in [1.82, 2.24) is 16.0 Å². The zero-order valence-corrected chi connectivity index (χ0v) is 19.3. The Kier molecular flexibility index (Phi) is 13.9. The molecular weight excluding hydrogens is 476 g/mol. The maximum Gasteiger partial charge on any atom is 0.326 e. The summed E-state index contributed by atoms with van der Waals surface area (Å²) >= 11 is 1.34. The zero-order valence-electron chi connectivity index (χ0n) is 18.4. The molecule has 0 rings (SSSR count). The number of aliphatic carboxylic acids is 2. The van der Waals surface area contributed by atoms with Crippen molar-refractivity contribution >= 4 is 53.2 Å². The number of hydrogen-bond donors (Lipinski definition) is 8. The molecule has 4 unspecified atom stereocenters. The fraction of sp³-hybridized carbons (Fsp3) is 0.611. The van der Waals surface area contributed by atoms with Gasteiger partial charge in [-0.05, 0) is 24.9 Å². The second-order valence-corrected chi connectivity index (χ2v) is 8.17. The van der Waals surface area contributed by atoms with Crippen molar-refractivity contribution in [2.24, 2.45) is 17.2 Å². The van der Waals surface area contributed by atoms with Crippen LogP contribution in [0.4, 0.5) is 0 Å². The number of carbonyl (C=O) groups is 7. The van der Waals surface area contributed by atoms with E-state index in [4.69, 9.17) is 27.4 Å². The lowest BCUT2D eigenvalue weighted by Crippen LogP contribution is -2.57. The van der Waals surface area contributed by atoms with Gasteiger partial charge in [0, 0.05) is 6.42 Å². The molecule has 0 aromatic carbocycles. The van der Waals surface area contributed by atoms with Gasteiger partial charge in [0.15, 0.2) is 0 Å². The number of thioether (sulfide) groups is 1. The highest BCUT2D eigenvalue weighted by Crippen LogP contribution is 2.05. The molecular formula is C18H30N6O9S. The van der Waals surface area contributed by atoms with E-state index in [9.17, 15) is 33.6 Å². The molecule has 192 valence electrons. The predicted molar refractivity (Wildman–Crippen MR) is 119 cm³/mol. The van der Waals surface area contributed by atoms with Crippen LogP contribution in [0.25, 0.3) is 0 Å². The summed E-state index contributed by atoms with van der Waals surface area (Å²) in [7, 11) is 0. The molecule has 0 aliphatic heterocycles. The van der Waals surface area contributed by atoms with Gasteiger partial charge in [-0.1, -0.05) is 0 Å². The van der Waals surface area contributed by atoms with Crippen molar-refractivity contribution in [2.45, 2.75) is 56.3 Å². The van der Waals surface area contributed by atoms with Gasteiger partial charge in [-0.2, -0.15) is 11.8 Å². The summed E-state index contributed by atoms with van der Waals surface area (Å²) in [4.78, 5) is 81.8. The minimum Gasteiger partial charge on any atom is -0.481 e. The smallest absolute Gasteiger partial charge is 0.326 e. The third-order valence-corrected chi connectivity index (χ3v) is 4.96. The third-order valence-electron chi connectivity index (χ3n) is 4.31. The van der Waals surface area contributed by atoms with E-state index < -0.39 is 78.5 Å². The highest BCUT2D eigenvalue weighted by Gasteiger charge is 2.32. The van der Waals surface area contributed by atoms with Crippen molar-refractivity contribution in [2.75, 3.05) is 12.0 Å². The molecule has 16 heteroatoms. The number of nitrogens with one attached hydrogen (secondary N) is 3. The largest absolute Gasteiger partial charge is 0.481 e. The van der Waals surface area contributed by atoms with Crippen molar-refractivity contribution in [3.05, 3.63) is 0 Å². The van der Waals surface area contributed by atoms with Gasteiger partial charge >= 0.3 is 11.9 Å². The number of rotatable bonds is 17. The molecule has 0 bridgehead atoms. The highest BCUT2D eigenvalue weighted by atomic mass is 32.2. The van der Waals surface area contributed by atoms with Gasteiger partial charge in [0.2, 0.25) is 29.5 Å². The molecule has 0 fully saturated rings. The number of nitrogens with two attached hydrogens (primary N) is 3. The SMILES string of the molecule is CSCCC(NC(=O)C(N)CCC(N)=O)C(=O)NC(CC(=O)O)C(=O)NC(CC(N)=O)C(=O)O. The molecule has 34 heavy (non-hydrogen) atoms. The van der Waals surface area contributed by atoms with E-state index in [1.807, 2.05) is 5.32 Å². The maximum atomic E-state index is 12.8. The van der Waals surface area contributed by atoms with E-state index in [-0.39, 0.29) is 19.3 Å². The monoisotopic (exact) mass is 506 g/mol. The van der Waals surface area contributed by atoms with Crippen molar-refractivity contribution in [1.29, 1.82) is 0 Å². The minimum atomic E-state index is -1.74. The van der Waals surface area contributed by atoms with Crippen LogP contribution in [-0.2, 0) is 33.6 Å². The van der Waals surface area contributed by atoms with Crippen LogP contribution in [0.1, 0.15) is 32.1 Å². The van der Waals surface area contributed by atoms with Gasteiger partial charge in [0.05, 0.1) is 18.9 Å². The lowest BCUT2D eigenvalue weighted by Gasteiger charge is -2.24. The first-order valence-electron chi connectivity index (χ1n) is 9.95. The van der Waals surface area contributed by atoms with E-state index >= 15 is 0 Å². The molecule has 0 radical (unpaired) electrons. The predicted octanol–water partition coefficient (Wildman–Crippen LogP) is -3.78. The molecule has 11 N–H and O–H groups in total. The first kappa shape index (κ1) is 30.6. The van der Waals surface area contributed by atoms with Crippen LogP contribution in [0.2, 0.25) is 0 Å². The van der Waals surface area contributed by atoms with Crippen LogP contribution in [0.5, 0.6) is 0 Å². The van der Waals surface area contributed by atoms with Gasteiger partial charge in [-0.3, -0.25) is 28.8 Å². The van der Waals surface area contributed by atoms with Crippen LogP contribution >= 0.6 is 11.8 Å². The Labute approximate surface area is 198 Å². The van der Waals surface area contributed by atoms with E-state index in [0.717, 1.165) is 0 Å². The van der Waals surface area contributed by atoms with Crippen molar-refractivity contribution < 1.29 is 43.8 Å². The Bertz CT molecular complexity index is 794. The quantitative estimate of drug-likeness (QED) is 0.0947. The molecule has 0 aromatic heterocycles. The molecule has 0 aliphatic rings. The van der Waals surface area contributed by atoms with Crippen LogP contribution < -0.4 is 33.2 Å². The van der Waals surface area contributed by atoms with Crippen LogP contribution in [-0.4, -0.2) is 87.9 Å².